The predicted molar refractivity (Wildman–Crippen MR) is 100 cm³/mol. The van der Waals surface area contributed by atoms with Crippen molar-refractivity contribution in [1.29, 1.82) is 0 Å². The summed E-state index contributed by atoms with van der Waals surface area (Å²) in [5.74, 6) is 0.287. The molecule has 2 heterocycles. The highest BCUT2D eigenvalue weighted by Gasteiger charge is 2.19. The Hall–Kier alpha value is -2.39. The Labute approximate surface area is 156 Å². The van der Waals surface area contributed by atoms with E-state index in [0.29, 0.717) is 11.6 Å². The SMILES string of the molecule is CC(=O)Nc1ccc(S(=O)(=O)Nc2cc(Cl)nc(N3CCCC3)n2)cc1. The topological polar surface area (TPSA) is 104 Å². The first-order chi connectivity index (χ1) is 12.3. The molecule has 8 nitrogen and oxygen atoms in total. The normalized spacial score (nSPS) is 14.3. The highest BCUT2D eigenvalue weighted by atomic mass is 35.5. The van der Waals surface area contributed by atoms with Crippen molar-refractivity contribution in [3.63, 3.8) is 0 Å². The molecular formula is C16H18ClN5O3S. The molecule has 0 spiro atoms. The number of sulfonamides is 1. The Balaban J connectivity index is 1.81. The van der Waals surface area contributed by atoms with Gasteiger partial charge in [-0.2, -0.15) is 4.98 Å². The zero-order chi connectivity index (χ0) is 18.7. The summed E-state index contributed by atoms with van der Waals surface area (Å²) in [6, 6.07) is 7.19. The number of hydrogen-bond donors (Lipinski definition) is 2. The fourth-order valence-electron chi connectivity index (χ4n) is 2.63. The summed E-state index contributed by atoms with van der Waals surface area (Å²) >= 11 is 6.02. The summed E-state index contributed by atoms with van der Waals surface area (Å²) < 4.78 is 27.5. The Bertz CT molecular complexity index is 912. The summed E-state index contributed by atoms with van der Waals surface area (Å²) in [6.07, 6.45) is 2.08. The average molecular weight is 396 g/mol. The van der Waals surface area contributed by atoms with E-state index in [0.717, 1.165) is 25.9 Å². The van der Waals surface area contributed by atoms with Crippen molar-refractivity contribution in [2.45, 2.75) is 24.7 Å². The molecule has 26 heavy (non-hydrogen) atoms. The van der Waals surface area contributed by atoms with E-state index in [1.54, 1.807) is 0 Å². The van der Waals surface area contributed by atoms with Gasteiger partial charge in [-0.25, -0.2) is 13.4 Å². The van der Waals surface area contributed by atoms with Crippen molar-refractivity contribution in [2.75, 3.05) is 28.0 Å². The quantitative estimate of drug-likeness (QED) is 0.753. The molecule has 1 amide bonds. The smallest absolute Gasteiger partial charge is 0.263 e. The Morgan fingerprint density at radius 3 is 2.42 bits per heavy atom. The summed E-state index contributed by atoms with van der Waals surface area (Å²) in [5, 5.41) is 2.75. The molecule has 1 saturated heterocycles. The molecule has 1 aromatic heterocycles. The van der Waals surface area contributed by atoms with Gasteiger partial charge in [0.05, 0.1) is 4.90 Å². The highest BCUT2D eigenvalue weighted by Crippen LogP contribution is 2.23. The predicted octanol–water partition coefficient (Wildman–Crippen LogP) is 2.49. The van der Waals surface area contributed by atoms with Crippen LogP contribution in [-0.4, -0.2) is 37.4 Å². The van der Waals surface area contributed by atoms with Gasteiger partial charge in [0.2, 0.25) is 11.9 Å². The van der Waals surface area contributed by atoms with E-state index in [1.165, 1.54) is 37.3 Å². The molecule has 2 aromatic rings. The number of carbonyl (C=O) groups is 1. The van der Waals surface area contributed by atoms with Gasteiger partial charge in [0.1, 0.15) is 11.0 Å². The fourth-order valence-corrected chi connectivity index (χ4v) is 3.80. The van der Waals surface area contributed by atoms with Gasteiger partial charge in [0, 0.05) is 31.8 Å². The van der Waals surface area contributed by atoms with E-state index in [2.05, 4.69) is 20.0 Å². The summed E-state index contributed by atoms with van der Waals surface area (Å²) in [5.41, 5.74) is 0.512. The van der Waals surface area contributed by atoms with Gasteiger partial charge >= 0.3 is 0 Å². The number of aromatic nitrogens is 2. The van der Waals surface area contributed by atoms with E-state index < -0.39 is 10.0 Å². The van der Waals surface area contributed by atoms with E-state index in [-0.39, 0.29) is 21.8 Å². The minimum absolute atomic E-state index is 0.0454. The number of anilines is 3. The Morgan fingerprint density at radius 2 is 1.81 bits per heavy atom. The van der Waals surface area contributed by atoms with E-state index >= 15 is 0 Å². The van der Waals surface area contributed by atoms with Crippen LogP contribution < -0.4 is 14.9 Å². The van der Waals surface area contributed by atoms with E-state index in [1.807, 2.05) is 4.90 Å². The number of benzene rings is 1. The van der Waals surface area contributed by atoms with Crippen LogP contribution in [0.15, 0.2) is 35.2 Å². The van der Waals surface area contributed by atoms with Gasteiger partial charge in [-0.3, -0.25) is 9.52 Å². The van der Waals surface area contributed by atoms with Crippen molar-refractivity contribution < 1.29 is 13.2 Å². The van der Waals surface area contributed by atoms with Crippen molar-refractivity contribution in [1.82, 2.24) is 9.97 Å². The van der Waals surface area contributed by atoms with Crippen molar-refractivity contribution in [3.8, 4) is 0 Å². The van der Waals surface area contributed by atoms with Crippen LogP contribution in [0.1, 0.15) is 19.8 Å². The van der Waals surface area contributed by atoms with Gasteiger partial charge in [-0.1, -0.05) is 11.6 Å². The molecule has 1 aliphatic rings. The van der Waals surface area contributed by atoms with Gasteiger partial charge in [0.25, 0.3) is 10.0 Å². The van der Waals surface area contributed by atoms with Crippen LogP contribution in [0, 0.1) is 0 Å². The minimum atomic E-state index is -3.85. The second-order valence-electron chi connectivity index (χ2n) is 5.88. The number of halogens is 1. The van der Waals surface area contributed by atoms with Crippen LogP contribution >= 0.6 is 11.6 Å². The molecule has 0 aliphatic carbocycles. The molecule has 10 heteroatoms. The minimum Gasteiger partial charge on any atom is -0.341 e. The molecule has 1 fully saturated rings. The molecule has 1 aromatic carbocycles. The Kier molecular flexibility index (Phi) is 5.28. The first kappa shape index (κ1) is 18.4. The van der Waals surface area contributed by atoms with Crippen LogP contribution in [0.4, 0.5) is 17.5 Å². The number of nitrogens with one attached hydrogen (secondary N) is 2. The van der Waals surface area contributed by atoms with Crippen LogP contribution in [-0.2, 0) is 14.8 Å². The van der Waals surface area contributed by atoms with Gasteiger partial charge in [-0.05, 0) is 37.1 Å². The second-order valence-corrected chi connectivity index (χ2v) is 7.95. The standard InChI is InChI=1S/C16H18ClN5O3S/c1-11(23)18-12-4-6-13(7-5-12)26(24,25)21-15-10-14(17)19-16(20-15)22-8-2-3-9-22/h4-7,10H,2-3,8-9H2,1H3,(H,18,23)(H,19,20,21). The van der Waals surface area contributed by atoms with Crippen molar-refractivity contribution >= 4 is 45.0 Å². The maximum atomic E-state index is 12.6. The number of nitrogens with zero attached hydrogens (tertiary/aromatic N) is 3. The lowest BCUT2D eigenvalue weighted by Crippen LogP contribution is -2.22. The molecule has 0 unspecified atom stereocenters. The monoisotopic (exact) mass is 395 g/mol. The van der Waals surface area contributed by atoms with Gasteiger partial charge in [-0.15, -0.1) is 0 Å². The maximum absolute atomic E-state index is 12.6. The van der Waals surface area contributed by atoms with Crippen molar-refractivity contribution in [2.24, 2.45) is 0 Å². The molecule has 0 atom stereocenters. The largest absolute Gasteiger partial charge is 0.341 e. The molecule has 0 radical (unpaired) electrons. The van der Waals surface area contributed by atoms with E-state index in [4.69, 9.17) is 11.6 Å². The molecule has 1 aliphatic heterocycles. The summed E-state index contributed by atoms with van der Waals surface area (Å²) in [6.45, 7) is 3.01. The highest BCUT2D eigenvalue weighted by molar-refractivity contribution is 7.92. The number of hydrogen-bond acceptors (Lipinski definition) is 6. The van der Waals surface area contributed by atoms with E-state index in [9.17, 15) is 13.2 Å². The summed E-state index contributed by atoms with van der Waals surface area (Å²) in [4.78, 5) is 21.5. The lowest BCUT2D eigenvalue weighted by molar-refractivity contribution is -0.114. The third kappa shape index (κ3) is 4.41. The first-order valence-electron chi connectivity index (χ1n) is 8.03. The maximum Gasteiger partial charge on any atom is 0.263 e. The molecule has 2 N–H and O–H groups in total. The molecule has 138 valence electrons. The Morgan fingerprint density at radius 1 is 1.15 bits per heavy atom. The molecular weight excluding hydrogens is 378 g/mol. The van der Waals surface area contributed by atoms with Gasteiger partial charge in [0.15, 0.2) is 0 Å². The summed E-state index contributed by atoms with van der Waals surface area (Å²) in [7, 11) is -3.85. The second kappa shape index (κ2) is 7.46. The zero-order valence-corrected chi connectivity index (χ0v) is 15.6. The molecule has 0 saturated carbocycles. The van der Waals surface area contributed by atoms with Gasteiger partial charge < -0.3 is 10.2 Å². The third-order valence-corrected chi connectivity index (χ3v) is 5.36. The lowest BCUT2D eigenvalue weighted by Gasteiger charge is -2.16. The third-order valence-electron chi connectivity index (χ3n) is 3.80. The number of rotatable bonds is 5. The van der Waals surface area contributed by atoms with Crippen LogP contribution in [0.5, 0.6) is 0 Å². The molecule has 0 bridgehead atoms. The van der Waals surface area contributed by atoms with Crippen LogP contribution in [0.3, 0.4) is 0 Å². The zero-order valence-electron chi connectivity index (χ0n) is 14.1. The molecule has 3 rings (SSSR count). The number of amides is 1. The van der Waals surface area contributed by atoms with Crippen molar-refractivity contribution in [3.05, 3.63) is 35.5 Å². The van der Waals surface area contributed by atoms with Crippen LogP contribution in [0.25, 0.3) is 0 Å². The first-order valence-corrected chi connectivity index (χ1v) is 9.90. The lowest BCUT2D eigenvalue weighted by atomic mass is 10.3. The average Bonchev–Trinajstić information content (AvgIpc) is 3.08. The van der Waals surface area contributed by atoms with Crippen LogP contribution in [0.2, 0.25) is 5.15 Å². The fraction of sp³-hybridized carbons (Fsp3) is 0.312. The number of carbonyl (C=O) groups excluding carboxylic acids is 1.